The Kier molecular flexibility index (Phi) is 5.19. The summed E-state index contributed by atoms with van der Waals surface area (Å²) in [4.78, 5) is 25.4. The van der Waals surface area contributed by atoms with Gasteiger partial charge in [-0.3, -0.25) is 4.40 Å². The first-order chi connectivity index (χ1) is 14.6. The average Bonchev–Trinajstić information content (AvgIpc) is 2.70. The Morgan fingerprint density at radius 3 is 2.61 bits per heavy atom. The number of carbonyl (C=O) groups is 1. The lowest BCUT2D eigenvalue weighted by Crippen LogP contribution is -2.33. The fourth-order valence-corrected chi connectivity index (χ4v) is 4.41. The van der Waals surface area contributed by atoms with Gasteiger partial charge >= 0.3 is 5.97 Å². The summed E-state index contributed by atoms with van der Waals surface area (Å²) in [5.41, 5.74) is 0.700. The molecule has 10 heteroatoms. The maximum absolute atomic E-state index is 11.6. The third kappa shape index (κ3) is 3.64. The number of anilines is 1. The molecular formula is C21H16Br2N6O2. The summed E-state index contributed by atoms with van der Waals surface area (Å²) in [6.45, 7) is 6.04. The number of rotatable bonds is 2. The zero-order valence-electron chi connectivity index (χ0n) is 16.7. The molecule has 4 rings (SSSR count). The van der Waals surface area contributed by atoms with Gasteiger partial charge in [0.15, 0.2) is 17.0 Å². The third-order valence-corrected chi connectivity index (χ3v) is 5.80. The van der Waals surface area contributed by atoms with Crippen LogP contribution < -0.4 is 10.8 Å². The number of carboxylic acid groups (broad SMARTS) is 1. The van der Waals surface area contributed by atoms with Crippen molar-refractivity contribution in [3.05, 3.63) is 55.9 Å². The molecule has 3 aromatic rings. The van der Waals surface area contributed by atoms with E-state index >= 15 is 0 Å². The second kappa shape index (κ2) is 7.59. The van der Waals surface area contributed by atoms with Crippen LogP contribution in [0.5, 0.6) is 0 Å². The SMILES string of the molecule is CC(C)(C)C1=Nc2c(Br)cc(Br)c3nc(=Nc4ccccc4C(=O)O)c(C#N)c(n23)N1. The van der Waals surface area contributed by atoms with Crippen LogP contribution in [0.2, 0.25) is 0 Å². The number of halogens is 2. The van der Waals surface area contributed by atoms with E-state index in [1.807, 2.05) is 26.8 Å². The van der Waals surface area contributed by atoms with Gasteiger partial charge in [0.05, 0.1) is 20.2 Å². The molecule has 3 heterocycles. The molecule has 2 N–H and O–H groups in total. The summed E-state index contributed by atoms with van der Waals surface area (Å²) in [6.07, 6.45) is 0. The van der Waals surface area contributed by atoms with Crippen molar-refractivity contribution in [1.82, 2.24) is 9.38 Å². The molecule has 0 atom stereocenters. The van der Waals surface area contributed by atoms with Crippen LogP contribution in [0.3, 0.4) is 0 Å². The number of hydrogen-bond donors (Lipinski definition) is 2. The molecule has 8 nitrogen and oxygen atoms in total. The predicted molar refractivity (Wildman–Crippen MR) is 124 cm³/mol. The van der Waals surface area contributed by atoms with Crippen LogP contribution in [-0.4, -0.2) is 26.3 Å². The van der Waals surface area contributed by atoms with Crippen molar-refractivity contribution >= 4 is 66.6 Å². The Labute approximate surface area is 194 Å². The summed E-state index contributed by atoms with van der Waals surface area (Å²) in [5.74, 6) is 0.632. The minimum atomic E-state index is -1.11. The van der Waals surface area contributed by atoms with E-state index in [9.17, 15) is 15.2 Å². The summed E-state index contributed by atoms with van der Waals surface area (Å²) in [6, 6.07) is 10.3. The van der Waals surface area contributed by atoms with Crippen molar-refractivity contribution in [2.75, 3.05) is 5.32 Å². The average molecular weight is 544 g/mol. The second-order valence-corrected chi connectivity index (χ2v) is 9.57. The fraction of sp³-hybridized carbons (Fsp3) is 0.190. The van der Waals surface area contributed by atoms with E-state index in [0.29, 0.717) is 27.6 Å². The molecule has 0 saturated heterocycles. The number of benzene rings is 1. The van der Waals surface area contributed by atoms with Gasteiger partial charge in [0.1, 0.15) is 23.3 Å². The molecule has 0 fully saturated rings. The lowest BCUT2D eigenvalue weighted by atomic mass is 9.94. The number of amidine groups is 1. The van der Waals surface area contributed by atoms with Gasteiger partial charge in [0, 0.05) is 5.41 Å². The Morgan fingerprint density at radius 1 is 1.26 bits per heavy atom. The molecule has 0 bridgehead atoms. The van der Waals surface area contributed by atoms with Crippen LogP contribution in [0.1, 0.15) is 36.7 Å². The topological polar surface area (TPSA) is 115 Å². The molecule has 31 heavy (non-hydrogen) atoms. The van der Waals surface area contributed by atoms with Gasteiger partial charge in [-0.25, -0.2) is 19.8 Å². The normalized spacial score (nSPS) is 13.5. The molecule has 0 saturated carbocycles. The van der Waals surface area contributed by atoms with Gasteiger partial charge in [-0.05, 0) is 50.1 Å². The van der Waals surface area contributed by atoms with Gasteiger partial charge in [0.25, 0.3) is 0 Å². The molecule has 1 aliphatic heterocycles. The second-order valence-electron chi connectivity index (χ2n) is 7.86. The first-order valence-electron chi connectivity index (χ1n) is 9.20. The number of hydrogen-bond acceptors (Lipinski definition) is 6. The lowest BCUT2D eigenvalue weighted by molar-refractivity contribution is 0.0698. The van der Waals surface area contributed by atoms with Gasteiger partial charge in [-0.1, -0.05) is 32.9 Å². The van der Waals surface area contributed by atoms with Crippen LogP contribution in [0.25, 0.3) is 5.65 Å². The van der Waals surface area contributed by atoms with Crippen LogP contribution in [0.15, 0.2) is 49.3 Å². The Bertz CT molecular complexity index is 1410. The van der Waals surface area contributed by atoms with Crippen LogP contribution in [0.4, 0.5) is 17.3 Å². The third-order valence-electron chi connectivity index (χ3n) is 4.64. The van der Waals surface area contributed by atoms with Crippen LogP contribution >= 0.6 is 31.9 Å². The minimum absolute atomic E-state index is 0.0232. The molecule has 0 spiro atoms. The Morgan fingerprint density at radius 2 is 1.97 bits per heavy atom. The van der Waals surface area contributed by atoms with Crippen molar-refractivity contribution in [3.8, 4) is 6.07 Å². The highest BCUT2D eigenvalue weighted by molar-refractivity contribution is 9.11. The van der Waals surface area contributed by atoms with E-state index in [1.165, 1.54) is 6.07 Å². The highest BCUT2D eigenvalue weighted by Gasteiger charge is 2.28. The minimum Gasteiger partial charge on any atom is -0.478 e. The van der Waals surface area contributed by atoms with Crippen LogP contribution in [0, 0.1) is 16.7 Å². The number of pyridine rings is 1. The molecule has 0 unspecified atom stereocenters. The molecule has 0 aliphatic carbocycles. The zero-order valence-corrected chi connectivity index (χ0v) is 19.9. The molecule has 2 aromatic heterocycles. The molecule has 0 radical (unpaired) electrons. The van der Waals surface area contributed by atoms with Crippen molar-refractivity contribution in [3.63, 3.8) is 0 Å². The number of aliphatic imine (C=N–C) groups is 1. The molecule has 0 amide bonds. The molecule has 1 aliphatic rings. The van der Waals surface area contributed by atoms with Gasteiger partial charge in [-0.2, -0.15) is 5.26 Å². The lowest BCUT2D eigenvalue weighted by Gasteiger charge is -2.29. The van der Waals surface area contributed by atoms with Crippen LogP contribution in [-0.2, 0) is 0 Å². The first kappa shape index (κ1) is 21.2. The van der Waals surface area contributed by atoms with E-state index in [-0.39, 0.29) is 27.7 Å². The number of carboxylic acids is 1. The maximum atomic E-state index is 11.6. The monoisotopic (exact) mass is 542 g/mol. The van der Waals surface area contributed by atoms with Gasteiger partial charge in [-0.15, -0.1) is 0 Å². The Balaban J connectivity index is 2.14. The maximum Gasteiger partial charge on any atom is 0.337 e. The van der Waals surface area contributed by atoms with Gasteiger partial charge < -0.3 is 10.4 Å². The number of nitrogens with one attached hydrogen (secondary N) is 1. The number of aromatic carboxylic acids is 1. The predicted octanol–water partition coefficient (Wildman–Crippen LogP) is 5.16. The summed E-state index contributed by atoms with van der Waals surface area (Å²) in [5, 5.41) is 22.8. The number of nitriles is 1. The zero-order chi connectivity index (χ0) is 22.5. The van der Waals surface area contributed by atoms with E-state index in [1.54, 1.807) is 22.6 Å². The quantitative estimate of drug-likeness (QED) is 0.463. The van der Waals surface area contributed by atoms with E-state index in [4.69, 9.17) is 4.99 Å². The standard InChI is InChI=1S/C21H16Br2N6O2/c1-21(2,3)20-27-16-11(9-24)15(25-14-7-5-4-6-10(14)19(30)31)26-17-12(22)8-13(23)18(28-20)29(16)17/h4-8H,1-3H3,(H,27,28)(H,30,31). The number of aromatic nitrogens is 2. The number of nitrogens with zero attached hydrogens (tertiary/aromatic N) is 5. The molecule has 156 valence electrons. The summed E-state index contributed by atoms with van der Waals surface area (Å²) in [7, 11) is 0. The highest BCUT2D eigenvalue weighted by atomic mass is 79.9. The van der Waals surface area contributed by atoms with E-state index in [0.717, 1.165) is 4.47 Å². The molecule has 1 aromatic carbocycles. The van der Waals surface area contributed by atoms with Crippen molar-refractivity contribution in [1.29, 1.82) is 5.26 Å². The fourth-order valence-electron chi connectivity index (χ4n) is 3.12. The first-order valence-corrected chi connectivity index (χ1v) is 10.8. The summed E-state index contributed by atoms with van der Waals surface area (Å²) < 4.78 is 3.13. The summed E-state index contributed by atoms with van der Waals surface area (Å²) >= 11 is 7.07. The smallest absolute Gasteiger partial charge is 0.337 e. The van der Waals surface area contributed by atoms with E-state index in [2.05, 4.69) is 53.2 Å². The molecular weight excluding hydrogens is 528 g/mol. The number of para-hydroxylation sites is 1. The van der Waals surface area contributed by atoms with Gasteiger partial charge in [0.2, 0.25) is 0 Å². The van der Waals surface area contributed by atoms with Crippen molar-refractivity contribution in [2.45, 2.75) is 20.8 Å². The van der Waals surface area contributed by atoms with Crippen molar-refractivity contribution in [2.24, 2.45) is 15.4 Å². The van der Waals surface area contributed by atoms with Crippen molar-refractivity contribution < 1.29 is 9.90 Å². The highest BCUT2D eigenvalue weighted by Crippen LogP contribution is 2.38. The van der Waals surface area contributed by atoms with E-state index < -0.39 is 5.97 Å². The largest absolute Gasteiger partial charge is 0.478 e. The Hall–Kier alpha value is -3.03.